The van der Waals surface area contributed by atoms with Crippen molar-refractivity contribution in [1.29, 1.82) is 5.41 Å². The third-order valence-electron chi connectivity index (χ3n) is 2.34. The molecule has 6 heteroatoms. The summed E-state index contributed by atoms with van der Waals surface area (Å²) >= 11 is 1.14. The van der Waals surface area contributed by atoms with Crippen LogP contribution in [0.25, 0.3) is 0 Å². The topological polar surface area (TPSA) is 70.5 Å². The van der Waals surface area contributed by atoms with Crippen LogP contribution in [0.4, 0.5) is 5.69 Å². The van der Waals surface area contributed by atoms with Crippen LogP contribution in [0, 0.1) is 5.41 Å². The van der Waals surface area contributed by atoms with Crippen molar-refractivity contribution in [3.8, 4) is 0 Å². The van der Waals surface area contributed by atoms with Crippen LogP contribution in [-0.2, 0) is 9.53 Å². The standard InChI is InChI=1S/C11H10N2O3S/c1-16-10(15)7-4-2-3-5-8(7)13-9(14)6-17-11(13)12/h2-5,12H,6H2,1H3. The lowest BCUT2D eigenvalue weighted by Gasteiger charge is -2.17. The number of esters is 1. The quantitative estimate of drug-likeness (QED) is 0.807. The monoisotopic (exact) mass is 250 g/mol. The van der Waals surface area contributed by atoms with Crippen molar-refractivity contribution in [3.05, 3.63) is 29.8 Å². The number of amides is 1. The highest BCUT2D eigenvalue weighted by Gasteiger charge is 2.31. The highest BCUT2D eigenvalue weighted by molar-refractivity contribution is 8.15. The van der Waals surface area contributed by atoms with E-state index in [4.69, 9.17) is 5.41 Å². The summed E-state index contributed by atoms with van der Waals surface area (Å²) in [6.45, 7) is 0. The predicted octanol–water partition coefficient (Wildman–Crippen LogP) is 1.49. The Kier molecular flexibility index (Phi) is 3.14. The Morgan fingerprint density at radius 1 is 1.47 bits per heavy atom. The lowest BCUT2D eigenvalue weighted by atomic mass is 10.1. The SMILES string of the molecule is COC(=O)c1ccccc1N1C(=N)SCC1=O. The molecule has 0 aromatic heterocycles. The van der Waals surface area contributed by atoms with E-state index < -0.39 is 5.97 Å². The van der Waals surface area contributed by atoms with Crippen LogP contribution < -0.4 is 4.90 Å². The molecule has 1 aliphatic heterocycles. The maximum atomic E-state index is 11.7. The van der Waals surface area contributed by atoms with Crippen molar-refractivity contribution in [2.45, 2.75) is 0 Å². The number of anilines is 1. The number of methoxy groups -OCH3 is 1. The molecule has 1 aromatic carbocycles. The van der Waals surface area contributed by atoms with Gasteiger partial charge in [0, 0.05) is 0 Å². The first-order valence-corrected chi connectivity index (χ1v) is 5.85. The second-order valence-electron chi connectivity index (χ2n) is 3.33. The Balaban J connectivity index is 2.48. The molecule has 1 amide bonds. The number of rotatable bonds is 2. The maximum Gasteiger partial charge on any atom is 0.339 e. The number of carbonyl (C=O) groups is 2. The molecule has 2 rings (SSSR count). The highest BCUT2D eigenvalue weighted by atomic mass is 32.2. The van der Waals surface area contributed by atoms with E-state index in [0.29, 0.717) is 5.69 Å². The van der Waals surface area contributed by atoms with Crippen LogP contribution >= 0.6 is 11.8 Å². The van der Waals surface area contributed by atoms with Crippen molar-refractivity contribution >= 4 is 34.5 Å². The molecule has 5 nitrogen and oxygen atoms in total. The van der Waals surface area contributed by atoms with Gasteiger partial charge >= 0.3 is 5.97 Å². The number of thioether (sulfide) groups is 1. The Morgan fingerprint density at radius 2 is 2.18 bits per heavy atom. The first-order chi connectivity index (χ1) is 8.15. The van der Waals surface area contributed by atoms with E-state index in [-0.39, 0.29) is 22.4 Å². The summed E-state index contributed by atoms with van der Waals surface area (Å²) < 4.78 is 4.65. The molecule has 1 N–H and O–H groups in total. The summed E-state index contributed by atoms with van der Waals surface area (Å²) in [5, 5.41) is 7.82. The molecule has 1 fully saturated rings. The summed E-state index contributed by atoms with van der Waals surface area (Å²) in [5.41, 5.74) is 0.690. The zero-order valence-electron chi connectivity index (χ0n) is 9.10. The lowest BCUT2D eigenvalue weighted by molar-refractivity contribution is -0.115. The van der Waals surface area contributed by atoms with Gasteiger partial charge < -0.3 is 4.74 Å². The second-order valence-corrected chi connectivity index (χ2v) is 4.30. The molecule has 1 heterocycles. The van der Waals surface area contributed by atoms with Crippen LogP contribution in [0.15, 0.2) is 24.3 Å². The number of hydrogen-bond donors (Lipinski definition) is 1. The molecule has 1 aliphatic rings. The van der Waals surface area contributed by atoms with Gasteiger partial charge in [0.2, 0.25) is 5.91 Å². The molecular formula is C11H10N2O3S. The number of nitrogens with zero attached hydrogens (tertiary/aromatic N) is 1. The molecule has 0 bridgehead atoms. The van der Waals surface area contributed by atoms with Crippen LogP contribution in [0.1, 0.15) is 10.4 Å². The summed E-state index contributed by atoms with van der Waals surface area (Å²) in [5.74, 6) is -0.483. The van der Waals surface area contributed by atoms with Gasteiger partial charge in [-0.1, -0.05) is 23.9 Å². The van der Waals surface area contributed by atoms with Gasteiger partial charge in [-0.2, -0.15) is 0 Å². The molecule has 0 atom stereocenters. The number of hydrogen-bond acceptors (Lipinski definition) is 5. The largest absolute Gasteiger partial charge is 0.465 e. The number of ether oxygens (including phenoxy) is 1. The Hall–Kier alpha value is -1.82. The maximum absolute atomic E-state index is 11.7. The van der Waals surface area contributed by atoms with E-state index in [0.717, 1.165) is 11.8 Å². The van der Waals surface area contributed by atoms with Crippen molar-refractivity contribution in [3.63, 3.8) is 0 Å². The van der Waals surface area contributed by atoms with Crippen molar-refractivity contribution < 1.29 is 14.3 Å². The van der Waals surface area contributed by atoms with Gasteiger partial charge in [0.1, 0.15) is 0 Å². The summed E-state index contributed by atoms with van der Waals surface area (Å²) in [4.78, 5) is 24.5. The first kappa shape index (κ1) is 11.7. The fourth-order valence-electron chi connectivity index (χ4n) is 1.57. The van der Waals surface area contributed by atoms with Crippen molar-refractivity contribution in [2.24, 2.45) is 0 Å². The fourth-order valence-corrected chi connectivity index (χ4v) is 2.29. The van der Waals surface area contributed by atoms with Crippen molar-refractivity contribution in [2.75, 3.05) is 17.8 Å². The molecule has 0 unspecified atom stereocenters. The summed E-state index contributed by atoms with van der Waals surface area (Å²) in [6, 6.07) is 6.60. The molecule has 88 valence electrons. The number of carbonyl (C=O) groups excluding carboxylic acids is 2. The molecule has 1 aromatic rings. The van der Waals surface area contributed by atoms with Gasteiger partial charge in [-0.05, 0) is 12.1 Å². The first-order valence-electron chi connectivity index (χ1n) is 4.87. The third kappa shape index (κ3) is 2.03. The number of amidine groups is 1. The molecule has 1 saturated heterocycles. The third-order valence-corrected chi connectivity index (χ3v) is 3.18. The zero-order valence-corrected chi connectivity index (χ0v) is 9.91. The summed E-state index contributed by atoms with van der Waals surface area (Å²) in [7, 11) is 1.28. The van der Waals surface area contributed by atoms with E-state index in [9.17, 15) is 9.59 Å². The average molecular weight is 250 g/mol. The van der Waals surface area contributed by atoms with Gasteiger partial charge in [-0.15, -0.1) is 0 Å². The Bertz CT molecular complexity index is 485. The van der Waals surface area contributed by atoms with Crippen LogP contribution in [0.3, 0.4) is 0 Å². The number of benzene rings is 1. The van der Waals surface area contributed by atoms with Gasteiger partial charge in [0.25, 0.3) is 0 Å². The molecule has 0 aliphatic carbocycles. The smallest absolute Gasteiger partial charge is 0.339 e. The van der Waals surface area contributed by atoms with Crippen LogP contribution in [-0.4, -0.2) is 29.9 Å². The van der Waals surface area contributed by atoms with Crippen LogP contribution in [0.2, 0.25) is 0 Å². The Labute approximate surface area is 102 Å². The zero-order chi connectivity index (χ0) is 12.4. The lowest BCUT2D eigenvalue weighted by Crippen LogP contribution is -2.30. The predicted molar refractivity (Wildman–Crippen MR) is 65.5 cm³/mol. The van der Waals surface area contributed by atoms with E-state index in [1.165, 1.54) is 12.0 Å². The Morgan fingerprint density at radius 3 is 2.76 bits per heavy atom. The molecule has 0 spiro atoms. The van der Waals surface area contributed by atoms with Gasteiger partial charge in [0.15, 0.2) is 5.17 Å². The molecule has 0 saturated carbocycles. The van der Waals surface area contributed by atoms with Crippen LogP contribution in [0.5, 0.6) is 0 Å². The minimum Gasteiger partial charge on any atom is -0.465 e. The highest BCUT2D eigenvalue weighted by Crippen LogP contribution is 2.28. The number of para-hydroxylation sites is 1. The van der Waals surface area contributed by atoms with E-state index in [2.05, 4.69) is 4.74 Å². The van der Waals surface area contributed by atoms with Crippen molar-refractivity contribution in [1.82, 2.24) is 0 Å². The normalized spacial score (nSPS) is 15.2. The minimum atomic E-state index is -0.516. The van der Waals surface area contributed by atoms with Gasteiger partial charge in [0.05, 0.1) is 24.1 Å². The molecule has 0 radical (unpaired) electrons. The summed E-state index contributed by atoms with van der Waals surface area (Å²) in [6.07, 6.45) is 0. The molecular weight excluding hydrogens is 240 g/mol. The average Bonchev–Trinajstić information content (AvgIpc) is 2.68. The minimum absolute atomic E-state index is 0.131. The van der Waals surface area contributed by atoms with E-state index >= 15 is 0 Å². The molecule has 17 heavy (non-hydrogen) atoms. The second kappa shape index (κ2) is 4.58. The van der Waals surface area contributed by atoms with Gasteiger partial charge in [-0.3, -0.25) is 15.1 Å². The number of nitrogens with one attached hydrogen (secondary N) is 1. The van der Waals surface area contributed by atoms with E-state index in [1.807, 2.05) is 0 Å². The van der Waals surface area contributed by atoms with E-state index in [1.54, 1.807) is 24.3 Å². The van der Waals surface area contributed by atoms with Gasteiger partial charge in [-0.25, -0.2) is 4.79 Å². The fraction of sp³-hybridized carbons (Fsp3) is 0.182.